The molecule has 0 bridgehead atoms. The Morgan fingerprint density at radius 3 is 2.19 bits per heavy atom. The van der Waals surface area contributed by atoms with Crippen LogP contribution in [0.1, 0.15) is 0 Å². The SMILES string of the molecule is Nc1nc(N)nc(-c2cccc(F)c2F)n1. The minimum Gasteiger partial charge on any atom is -0.368 e. The van der Waals surface area contributed by atoms with Crippen molar-refractivity contribution >= 4 is 11.9 Å². The molecule has 1 aromatic carbocycles. The monoisotopic (exact) mass is 223 g/mol. The van der Waals surface area contributed by atoms with E-state index in [0.717, 1.165) is 6.07 Å². The molecule has 5 nitrogen and oxygen atoms in total. The summed E-state index contributed by atoms with van der Waals surface area (Å²) in [6.45, 7) is 0. The lowest BCUT2D eigenvalue weighted by atomic mass is 10.2. The van der Waals surface area contributed by atoms with Gasteiger partial charge in [0.1, 0.15) is 0 Å². The second kappa shape index (κ2) is 3.69. The molecule has 0 spiro atoms. The topological polar surface area (TPSA) is 90.7 Å². The maximum Gasteiger partial charge on any atom is 0.225 e. The normalized spacial score (nSPS) is 10.4. The standard InChI is InChI=1S/C9H7F2N5/c10-5-3-1-2-4(6(5)11)7-14-8(12)16-9(13)15-7/h1-3H,(H4,12,13,14,15,16). The number of nitrogens with zero attached hydrogens (tertiary/aromatic N) is 3. The number of hydrogen-bond acceptors (Lipinski definition) is 5. The van der Waals surface area contributed by atoms with Crippen LogP contribution in [0, 0.1) is 11.6 Å². The summed E-state index contributed by atoms with van der Waals surface area (Å²) in [6.07, 6.45) is 0. The second-order valence-corrected chi connectivity index (χ2v) is 2.98. The minimum absolute atomic E-state index is 0.0954. The van der Waals surface area contributed by atoms with E-state index in [0.29, 0.717) is 0 Å². The summed E-state index contributed by atoms with van der Waals surface area (Å²) in [5, 5.41) is 0. The van der Waals surface area contributed by atoms with Gasteiger partial charge in [0.05, 0.1) is 5.56 Å². The molecule has 0 fully saturated rings. The highest BCUT2D eigenvalue weighted by atomic mass is 19.2. The molecule has 0 aliphatic rings. The Morgan fingerprint density at radius 2 is 1.56 bits per heavy atom. The van der Waals surface area contributed by atoms with Crippen LogP contribution >= 0.6 is 0 Å². The van der Waals surface area contributed by atoms with E-state index in [9.17, 15) is 8.78 Å². The van der Waals surface area contributed by atoms with Gasteiger partial charge in [-0.05, 0) is 12.1 Å². The molecule has 0 unspecified atom stereocenters. The third-order valence-corrected chi connectivity index (χ3v) is 1.86. The van der Waals surface area contributed by atoms with Crippen molar-refractivity contribution < 1.29 is 8.78 Å². The molecular weight excluding hydrogens is 216 g/mol. The molecule has 0 radical (unpaired) electrons. The predicted molar refractivity (Wildman–Crippen MR) is 54.0 cm³/mol. The average Bonchev–Trinajstić information content (AvgIpc) is 2.20. The van der Waals surface area contributed by atoms with Crippen molar-refractivity contribution in [3.63, 3.8) is 0 Å². The summed E-state index contributed by atoms with van der Waals surface area (Å²) in [5.74, 6) is -2.43. The average molecular weight is 223 g/mol. The Morgan fingerprint density at radius 1 is 0.938 bits per heavy atom. The number of halogens is 2. The number of aromatic nitrogens is 3. The van der Waals surface area contributed by atoms with Gasteiger partial charge in [-0.3, -0.25) is 0 Å². The molecule has 16 heavy (non-hydrogen) atoms. The van der Waals surface area contributed by atoms with E-state index < -0.39 is 11.6 Å². The van der Waals surface area contributed by atoms with Crippen LogP contribution in [-0.2, 0) is 0 Å². The van der Waals surface area contributed by atoms with Gasteiger partial charge in [-0.25, -0.2) is 8.78 Å². The van der Waals surface area contributed by atoms with E-state index in [4.69, 9.17) is 11.5 Å². The van der Waals surface area contributed by atoms with Gasteiger partial charge in [-0.1, -0.05) is 6.07 Å². The number of benzene rings is 1. The van der Waals surface area contributed by atoms with Crippen molar-refractivity contribution in [2.45, 2.75) is 0 Å². The lowest BCUT2D eigenvalue weighted by Crippen LogP contribution is -2.05. The second-order valence-electron chi connectivity index (χ2n) is 2.98. The number of nitrogens with two attached hydrogens (primary N) is 2. The third kappa shape index (κ3) is 1.74. The first-order chi connectivity index (χ1) is 7.58. The van der Waals surface area contributed by atoms with Crippen LogP contribution in [0.5, 0.6) is 0 Å². The molecule has 0 saturated carbocycles. The quantitative estimate of drug-likeness (QED) is 0.752. The summed E-state index contributed by atoms with van der Waals surface area (Å²) < 4.78 is 26.4. The molecule has 0 aliphatic heterocycles. The van der Waals surface area contributed by atoms with Crippen LogP contribution in [0.25, 0.3) is 11.4 Å². The van der Waals surface area contributed by atoms with Crippen LogP contribution < -0.4 is 11.5 Å². The fraction of sp³-hybridized carbons (Fsp3) is 0. The van der Waals surface area contributed by atoms with E-state index in [2.05, 4.69) is 15.0 Å². The van der Waals surface area contributed by atoms with E-state index in [1.54, 1.807) is 0 Å². The zero-order valence-electron chi connectivity index (χ0n) is 7.98. The van der Waals surface area contributed by atoms with Gasteiger partial charge in [0.2, 0.25) is 11.9 Å². The Bertz CT molecular complexity index is 523. The van der Waals surface area contributed by atoms with E-state index in [-0.39, 0.29) is 23.3 Å². The maximum absolute atomic E-state index is 13.4. The third-order valence-electron chi connectivity index (χ3n) is 1.86. The van der Waals surface area contributed by atoms with Gasteiger partial charge in [0, 0.05) is 0 Å². The van der Waals surface area contributed by atoms with Crippen LogP contribution in [0.15, 0.2) is 18.2 Å². The van der Waals surface area contributed by atoms with E-state index in [1.807, 2.05) is 0 Å². The zero-order valence-corrected chi connectivity index (χ0v) is 7.98. The Hall–Kier alpha value is -2.31. The lowest BCUT2D eigenvalue weighted by Gasteiger charge is -2.03. The van der Waals surface area contributed by atoms with Crippen LogP contribution in [0.3, 0.4) is 0 Å². The number of rotatable bonds is 1. The highest BCUT2D eigenvalue weighted by molar-refractivity contribution is 5.58. The first kappa shape index (κ1) is 10.2. The van der Waals surface area contributed by atoms with Gasteiger partial charge >= 0.3 is 0 Å². The largest absolute Gasteiger partial charge is 0.368 e. The zero-order chi connectivity index (χ0) is 11.7. The first-order valence-corrected chi connectivity index (χ1v) is 4.29. The Labute approximate surface area is 89.2 Å². The molecule has 7 heteroatoms. The van der Waals surface area contributed by atoms with Gasteiger partial charge in [0.25, 0.3) is 0 Å². The molecule has 0 atom stereocenters. The Balaban J connectivity index is 2.63. The number of nitrogen functional groups attached to an aromatic ring is 2. The first-order valence-electron chi connectivity index (χ1n) is 4.29. The molecule has 1 heterocycles. The molecule has 1 aromatic heterocycles. The van der Waals surface area contributed by atoms with Crippen molar-refractivity contribution in [2.75, 3.05) is 11.5 Å². The van der Waals surface area contributed by atoms with Crippen molar-refractivity contribution in [3.8, 4) is 11.4 Å². The molecule has 82 valence electrons. The van der Waals surface area contributed by atoms with Crippen LogP contribution in [0.4, 0.5) is 20.7 Å². The lowest BCUT2D eigenvalue weighted by molar-refractivity contribution is 0.510. The van der Waals surface area contributed by atoms with E-state index in [1.165, 1.54) is 12.1 Å². The molecule has 0 amide bonds. The van der Waals surface area contributed by atoms with Gasteiger partial charge in [0.15, 0.2) is 17.5 Å². The molecule has 0 aliphatic carbocycles. The summed E-state index contributed by atoms with van der Waals surface area (Å²) >= 11 is 0. The summed E-state index contributed by atoms with van der Waals surface area (Å²) in [7, 11) is 0. The predicted octanol–water partition coefficient (Wildman–Crippen LogP) is 0.981. The highest BCUT2D eigenvalue weighted by Crippen LogP contribution is 2.21. The molecule has 2 aromatic rings. The van der Waals surface area contributed by atoms with E-state index >= 15 is 0 Å². The maximum atomic E-state index is 13.4. The van der Waals surface area contributed by atoms with Gasteiger partial charge in [-0.15, -0.1) is 0 Å². The molecular formula is C9H7F2N5. The molecule has 2 rings (SSSR count). The van der Waals surface area contributed by atoms with Crippen molar-refractivity contribution in [1.29, 1.82) is 0 Å². The van der Waals surface area contributed by atoms with Gasteiger partial charge in [-0.2, -0.15) is 15.0 Å². The fourth-order valence-electron chi connectivity index (χ4n) is 1.21. The Kier molecular flexibility index (Phi) is 2.35. The summed E-state index contributed by atoms with van der Waals surface area (Å²) in [6, 6.07) is 3.66. The number of hydrogen-bond donors (Lipinski definition) is 2. The van der Waals surface area contributed by atoms with Crippen molar-refractivity contribution in [2.24, 2.45) is 0 Å². The summed E-state index contributed by atoms with van der Waals surface area (Å²) in [4.78, 5) is 10.9. The minimum atomic E-state index is -1.05. The highest BCUT2D eigenvalue weighted by Gasteiger charge is 2.13. The van der Waals surface area contributed by atoms with Crippen molar-refractivity contribution in [1.82, 2.24) is 15.0 Å². The van der Waals surface area contributed by atoms with Crippen molar-refractivity contribution in [3.05, 3.63) is 29.8 Å². The molecule has 4 N–H and O–H groups in total. The van der Waals surface area contributed by atoms with Crippen LogP contribution in [-0.4, -0.2) is 15.0 Å². The van der Waals surface area contributed by atoms with Crippen LogP contribution in [0.2, 0.25) is 0 Å². The summed E-state index contributed by atoms with van der Waals surface area (Å²) in [5.41, 5.74) is 10.5. The smallest absolute Gasteiger partial charge is 0.225 e. The van der Waals surface area contributed by atoms with Gasteiger partial charge < -0.3 is 11.5 Å². The fourth-order valence-corrected chi connectivity index (χ4v) is 1.21. The molecule has 0 saturated heterocycles. The number of anilines is 2.